The minimum atomic E-state index is 0.151. The zero-order valence-corrected chi connectivity index (χ0v) is 9.37. The highest BCUT2D eigenvalue weighted by Crippen LogP contribution is 1.88. The quantitative estimate of drug-likeness (QED) is 0.227. The molecule has 0 aromatic rings. The first-order valence-electron chi connectivity index (χ1n) is 4.02. The molecule has 0 saturated carbocycles. The third-order valence-corrected chi connectivity index (χ3v) is 1.18. The maximum atomic E-state index is 5.34. The molecule has 0 aromatic heterocycles. The van der Waals surface area contributed by atoms with Crippen LogP contribution in [0.4, 0.5) is 0 Å². The standard InChI is InChI=1S/C6H12Cl2O7/c7-1-3-9-5-6-11-13-15-14-12-10-4-2-8/h1-6H2. The van der Waals surface area contributed by atoms with E-state index in [0.29, 0.717) is 19.1 Å². The van der Waals surface area contributed by atoms with Crippen LogP contribution < -0.4 is 0 Å². The summed E-state index contributed by atoms with van der Waals surface area (Å²) in [6, 6.07) is 0. The molecule has 15 heavy (non-hydrogen) atoms. The van der Waals surface area contributed by atoms with Crippen molar-refractivity contribution in [1.82, 2.24) is 0 Å². The van der Waals surface area contributed by atoms with E-state index in [1.165, 1.54) is 0 Å². The van der Waals surface area contributed by atoms with Crippen molar-refractivity contribution in [2.75, 3.05) is 38.2 Å². The first kappa shape index (κ1) is 15.3. The Morgan fingerprint density at radius 3 is 1.80 bits per heavy atom. The van der Waals surface area contributed by atoms with E-state index in [1.54, 1.807) is 0 Å². The molecule has 0 aliphatic rings. The molecule has 0 spiro atoms. The lowest BCUT2D eigenvalue weighted by Gasteiger charge is -2.01. The van der Waals surface area contributed by atoms with Crippen LogP contribution in [0.1, 0.15) is 0 Å². The largest absolute Gasteiger partial charge is 0.378 e. The molecule has 0 atom stereocenters. The van der Waals surface area contributed by atoms with Crippen LogP contribution in [0.15, 0.2) is 0 Å². The van der Waals surface area contributed by atoms with Crippen LogP contribution in [0, 0.1) is 0 Å². The van der Waals surface area contributed by atoms with Gasteiger partial charge in [-0.25, -0.2) is 9.78 Å². The normalized spacial score (nSPS) is 10.8. The summed E-state index contributed by atoms with van der Waals surface area (Å²) in [5.41, 5.74) is 0. The smallest absolute Gasteiger partial charge is 0.109 e. The van der Waals surface area contributed by atoms with Crippen LogP contribution >= 0.6 is 23.2 Å². The number of ether oxygens (including phenoxy) is 1. The molecule has 0 heterocycles. The van der Waals surface area contributed by atoms with Gasteiger partial charge in [0, 0.05) is 11.8 Å². The second-order valence-corrected chi connectivity index (χ2v) is 2.66. The zero-order chi connectivity index (χ0) is 11.2. The van der Waals surface area contributed by atoms with Gasteiger partial charge in [-0.2, -0.15) is 0 Å². The molecule has 0 aliphatic carbocycles. The van der Waals surface area contributed by atoms with Crippen LogP contribution in [-0.4, -0.2) is 38.2 Å². The van der Waals surface area contributed by atoms with Crippen LogP contribution in [0.5, 0.6) is 0 Å². The van der Waals surface area contributed by atoms with Crippen molar-refractivity contribution >= 4 is 23.2 Å². The van der Waals surface area contributed by atoms with Gasteiger partial charge in [0.2, 0.25) is 0 Å². The summed E-state index contributed by atoms with van der Waals surface area (Å²) < 4.78 is 4.94. The molecular formula is C6H12Cl2O7. The van der Waals surface area contributed by atoms with E-state index in [2.05, 4.69) is 29.9 Å². The molecular weight excluding hydrogens is 255 g/mol. The third kappa shape index (κ3) is 14.3. The van der Waals surface area contributed by atoms with Crippen molar-refractivity contribution in [3.63, 3.8) is 0 Å². The van der Waals surface area contributed by atoms with Gasteiger partial charge in [0.05, 0.1) is 19.8 Å². The monoisotopic (exact) mass is 266 g/mol. The Morgan fingerprint density at radius 1 is 0.600 bits per heavy atom. The SMILES string of the molecule is ClCCOCCOOOOOOCCCl. The van der Waals surface area contributed by atoms with Gasteiger partial charge in [0.15, 0.2) is 0 Å². The van der Waals surface area contributed by atoms with Crippen molar-refractivity contribution in [2.45, 2.75) is 0 Å². The van der Waals surface area contributed by atoms with Gasteiger partial charge in [-0.05, 0) is 20.2 Å². The first-order valence-corrected chi connectivity index (χ1v) is 5.09. The van der Waals surface area contributed by atoms with E-state index in [4.69, 9.17) is 27.9 Å². The van der Waals surface area contributed by atoms with Gasteiger partial charge in [0.25, 0.3) is 0 Å². The van der Waals surface area contributed by atoms with Crippen LogP contribution in [-0.2, 0) is 34.7 Å². The van der Waals surface area contributed by atoms with Crippen molar-refractivity contribution in [1.29, 1.82) is 0 Å². The summed E-state index contributed by atoms with van der Waals surface area (Å²) in [6.07, 6.45) is 0. The number of rotatable bonds is 12. The second kappa shape index (κ2) is 14.3. The maximum absolute atomic E-state index is 5.34. The van der Waals surface area contributed by atoms with Gasteiger partial charge in [-0.1, -0.05) is 0 Å². The molecule has 9 heteroatoms. The lowest BCUT2D eigenvalue weighted by molar-refractivity contribution is -0.756. The highest BCUT2D eigenvalue weighted by molar-refractivity contribution is 6.18. The van der Waals surface area contributed by atoms with E-state index in [-0.39, 0.29) is 19.1 Å². The Morgan fingerprint density at radius 2 is 1.20 bits per heavy atom. The van der Waals surface area contributed by atoms with E-state index in [0.717, 1.165) is 0 Å². The summed E-state index contributed by atoms with van der Waals surface area (Å²) in [4.78, 5) is 8.70. The molecule has 0 unspecified atom stereocenters. The van der Waals surface area contributed by atoms with Crippen molar-refractivity contribution in [3.8, 4) is 0 Å². The fourth-order valence-electron chi connectivity index (χ4n) is 0.411. The predicted octanol–water partition coefficient (Wildman–Crippen LogP) is 1.16. The average molecular weight is 267 g/mol. The van der Waals surface area contributed by atoms with E-state index >= 15 is 0 Å². The van der Waals surface area contributed by atoms with Crippen LogP contribution in [0.3, 0.4) is 0 Å². The third-order valence-electron chi connectivity index (χ3n) is 0.873. The minimum absolute atomic E-state index is 0.151. The Hall–Kier alpha value is 0.300. The highest BCUT2D eigenvalue weighted by Gasteiger charge is 1.93. The maximum Gasteiger partial charge on any atom is 0.109 e. The molecule has 0 aliphatic heterocycles. The van der Waals surface area contributed by atoms with E-state index in [1.807, 2.05) is 0 Å². The van der Waals surface area contributed by atoms with Crippen LogP contribution in [0.25, 0.3) is 0 Å². The van der Waals surface area contributed by atoms with Crippen molar-refractivity contribution in [3.05, 3.63) is 0 Å². The average Bonchev–Trinajstić information content (AvgIpc) is 2.26. The van der Waals surface area contributed by atoms with Crippen LogP contribution in [0.2, 0.25) is 0 Å². The molecule has 0 amide bonds. The summed E-state index contributed by atoms with van der Waals surface area (Å²) >= 11 is 10.6. The van der Waals surface area contributed by atoms with Gasteiger partial charge in [-0.15, -0.1) is 23.2 Å². The van der Waals surface area contributed by atoms with Gasteiger partial charge in [-0.3, -0.25) is 0 Å². The van der Waals surface area contributed by atoms with Crippen molar-refractivity contribution < 1.29 is 34.7 Å². The zero-order valence-electron chi connectivity index (χ0n) is 7.86. The Kier molecular flexibility index (Phi) is 14.6. The Balaban J connectivity index is 2.81. The predicted molar refractivity (Wildman–Crippen MR) is 48.5 cm³/mol. The lowest BCUT2D eigenvalue weighted by atomic mass is 10.7. The van der Waals surface area contributed by atoms with Gasteiger partial charge < -0.3 is 4.74 Å². The summed E-state index contributed by atoms with van der Waals surface area (Å²) in [6.45, 7) is 1.07. The van der Waals surface area contributed by atoms with Gasteiger partial charge >= 0.3 is 0 Å². The molecule has 0 N–H and O–H groups in total. The first-order chi connectivity index (χ1) is 7.41. The molecule has 0 aromatic carbocycles. The summed E-state index contributed by atoms with van der Waals surface area (Å²) in [7, 11) is 0. The molecule has 0 bridgehead atoms. The Bertz CT molecular complexity index is 106. The fourth-order valence-corrected chi connectivity index (χ4v) is 0.583. The number of halogens is 2. The molecule has 0 saturated heterocycles. The number of hydrogen-bond donors (Lipinski definition) is 0. The molecule has 92 valence electrons. The van der Waals surface area contributed by atoms with Crippen molar-refractivity contribution in [2.24, 2.45) is 0 Å². The lowest BCUT2D eigenvalue weighted by Crippen LogP contribution is -2.07. The highest BCUT2D eigenvalue weighted by atomic mass is 35.5. The minimum Gasteiger partial charge on any atom is -0.378 e. The topological polar surface area (TPSA) is 64.6 Å². The van der Waals surface area contributed by atoms with Gasteiger partial charge in [0.1, 0.15) is 6.61 Å². The van der Waals surface area contributed by atoms with E-state index < -0.39 is 0 Å². The molecule has 7 nitrogen and oxygen atoms in total. The molecule has 0 radical (unpaired) electrons. The second-order valence-electron chi connectivity index (χ2n) is 1.91. The number of alkyl halides is 2. The summed E-state index contributed by atoms with van der Waals surface area (Å²) in [5, 5.41) is 15.7. The molecule has 0 rings (SSSR count). The van der Waals surface area contributed by atoms with E-state index in [9.17, 15) is 0 Å². The molecule has 0 fully saturated rings. The summed E-state index contributed by atoms with van der Waals surface area (Å²) in [5.74, 6) is 0.685. The number of hydrogen-bond acceptors (Lipinski definition) is 7. The Labute approximate surface area is 96.6 Å². The fraction of sp³-hybridized carbons (Fsp3) is 1.00.